The first-order valence-electron chi connectivity index (χ1n) is 7.81. The third kappa shape index (κ3) is 4.60. The van der Waals surface area contributed by atoms with Crippen molar-refractivity contribution in [3.8, 4) is 0 Å². The van der Waals surface area contributed by atoms with Crippen LogP contribution in [0.3, 0.4) is 0 Å². The zero-order valence-corrected chi connectivity index (χ0v) is 13.0. The summed E-state index contributed by atoms with van der Waals surface area (Å²) in [6, 6.07) is 9.83. The van der Waals surface area contributed by atoms with Crippen molar-refractivity contribution < 1.29 is 9.84 Å². The van der Waals surface area contributed by atoms with Crippen LogP contribution in [0.4, 0.5) is 0 Å². The molecule has 3 unspecified atom stereocenters. The molecule has 3 atom stereocenters. The summed E-state index contributed by atoms with van der Waals surface area (Å²) < 4.78 is 6.02. The third-order valence-corrected chi connectivity index (χ3v) is 4.28. The Bertz CT molecular complexity index is 399. The molecule has 1 saturated carbocycles. The molecule has 1 N–H and O–H groups in total. The number of hydrogen-bond acceptors (Lipinski definition) is 2. The van der Waals surface area contributed by atoms with E-state index < -0.39 is 6.10 Å². The van der Waals surface area contributed by atoms with E-state index in [9.17, 15) is 5.11 Å². The lowest BCUT2D eigenvalue weighted by Crippen LogP contribution is -2.32. The van der Waals surface area contributed by atoms with E-state index in [-0.39, 0.29) is 0 Å². The smallest absolute Gasteiger partial charge is 0.0812 e. The first-order valence-corrected chi connectivity index (χ1v) is 7.81. The predicted octanol–water partition coefficient (Wildman–Crippen LogP) is 4.34. The van der Waals surface area contributed by atoms with Crippen LogP contribution < -0.4 is 0 Å². The number of aliphatic hydroxyl groups is 1. The topological polar surface area (TPSA) is 29.5 Å². The molecule has 2 rings (SSSR count). The van der Waals surface area contributed by atoms with Gasteiger partial charge in [-0.2, -0.15) is 0 Å². The number of aliphatic hydroxyl groups excluding tert-OH is 1. The van der Waals surface area contributed by atoms with E-state index in [0.29, 0.717) is 24.5 Å². The third-order valence-electron chi connectivity index (χ3n) is 4.28. The van der Waals surface area contributed by atoms with Gasteiger partial charge in [-0.05, 0) is 36.2 Å². The van der Waals surface area contributed by atoms with E-state index in [1.165, 1.54) is 6.42 Å². The Balaban J connectivity index is 1.75. The van der Waals surface area contributed by atoms with Gasteiger partial charge in [0.2, 0.25) is 0 Å². The zero-order chi connectivity index (χ0) is 14.6. The van der Waals surface area contributed by atoms with E-state index in [1.807, 2.05) is 30.3 Å². The first kappa shape index (κ1) is 15.5. The second kappa shape index (κ2) is 6.73. The van der Waals surface area contributed by atoms with Crippen LogP contribution in [0.2, 0.25) is 0 Å². The van der Waals surface area contributed by atoms with Crippen molar-refractivity contribution in [2.24, 2.45) is 11.3 Å². The molecule has 0 radical (unpaired) electrons. The van der Waals surface area contributed by atoms with E-state index in [4.69, 9.17) is 4.74 Å². The summed E-state index contributed by atoms with van der Waals surface area (Å²) >= 11 is 0. The van der Waals surface area contributed by atoms with Crippen molar-refractivity contribution in [3.63, 3.8) is 0 Å². The van der Waals surface area contributed by atoms with Gasteiger partial charge >= 0.3 is 0 Å². The minimum Gasteiger partial charge on any atom is -0.388 e. The fraction of sp³-hybridized carbons (Fsp3) is 0.667. The van der Waals surface area contributed by atoms with Crippen LogP contribution >= 0.6 is 0 Å². The number of hydrogen-bond donors (Lipinski definition) is 1. The molecule has 20 heavy (non-hydrogen) atoms. The molecule has 112 valence electrons. The maximum Gasteiger partial charge on any atom is 0.0812 e. The molecular weight excluding hydrogens is 248 g/mol. The molecule has 1 aromatic rings. The Kier molecular flexibility index (Phi) is 5.22. The van der Waals surface area contributed by atoms with Crippen LogP contribution in [0.1, 0.15) is 58.1 Å². The lowest BCUT2D eigenvalue weighted by Gasteiger charge is -2.38. The largest absolute Gasteiger partial charge is 0.388 e. The Morgan fingerprint density at radius 2 is 1.95 bits per heavy atom. The quantitative estimate of drug-likeness (QED) is 0.866. The molecule has 0 amide bonds. The van der Waals surface area contributed by atoms with Crippen LogP contribution in [0.25, 0.3) is 0 Å². The maximum atomic E-state index is 10.1. The summed E-state index contributed by atoms with van der Waals surface area (Å²) in [6.07, 6.45) is 4.21. The summed E-state index contributed by atoms with van der Waals surface area (Å²) in [5.74, 6) is 0.739. The minimum atomic E-state index is -0.412. The minimum absolute atomic E-state index is 0.358. The summed E-state index contributed by atoms with van der Waals surface area (Å²) in [5.41, 5.74) is 1.37. The van der Waals surface area contributed by atoms with Gasteiger partial charge in [0.1, 0.15) is 0 Å². The molecule has 1 aliphatic rings. The van der Waals surface area contributed by atoms with Crippen LogP contribution in [0, 0.1) is 11.3 Å². The fourth-order valence-corrected chi connectivity index (χ4v) is 3.57. The molecule has 2 heteroatoms. The van der Waals surface area contributed by atoms with Crippen molar-refractivity contribution in [1.82, 2.24) is 0 Å². The van der Waals surface area contributed by atoms with E-state index >= 15 is 0 Å². The molecule has 0 saturated heterocycles. The molecular formula is C18H28O2. The van der Waals surface area contributed by atoms with E-state index in [1.54, 1.807) is 0 Å². The fourth-order valence-electron chi connectivity index (χ4n) is 3.57. The highest BCUT2D eigenvalue weighted by Gasteiger charge is 2.32. The average Bonchev–Trinajstić information content (AvgIpc) is 2.37. The molecule has 2 nitrogen and oxygen atoms in total. The molecule has 0 bridgehead atoms. The molecule has 0 spiro atoms. The molecule has 1 aromatic carbocycles. The van der Waals surface area contributed by atoms with Gasteiger partial charge in [0.05, 0.1) is 12.2 Å². The first-order chi connectivity index (χ1) is 9.46. The zero-order valence-electron chi connectivity index (χ0n) is 13.0. The average molecular weight is 276 g/mol. The highest BCUT2D eigenvalue weighted by Crippen LogP contribution is 2.39. The monoisotopic (exact) mass is 276 g/mol. The second-order valence-corrected chi connectivity index (χ2v) is 7.12. The number of rotatable bonds is 5. The SMILES string of the molecule is CC1CC(OCCC(O)c2ccccc2)CC(C)(C)C1. The van der Waals surface area contributed by atoms with Crippen molar-refractivity contribution in [3.05, 3.63) is 35.9 Å². The van der Waals surface area contributed by atoms with E-state index in [0.717, 1.165) is 24.3 Å². The van der Waals surface area contributed by atoms with Crippen molar-refractivity contribution in [2.45, 2.75) is 58.7 Å². The molecule has 0 heterocycles. The Morgan fingerprint density at radius 3 is 2.60 bits per heavy atom. The van der Waals surface area contributed by atoms with Gasteiger partial charge < -0.3 is 9.84 Å². The molecule has 1 fully saturated rings. The van der Waals surface area contributed by atoms with Gasteiger partial charge in [0, 0.05) is 13.0 Å². The Hall–Kier alpha value is -0.860. The second-order valence-electron chi connectivity index (χ2n) is 7.12. The number of ether oxygens (including phenoxy) is 1. The van der Waals surface area contributed by atoms with Crippen LogP contribution in [0.15, 0.2) is 30.3 Å². The Labute approximate surface area is 123 Å². The highest BCUT2D eigenvalue weighted by atomic mass is 16.5. The standard InChI is InChI=1S/C18H28O2/c1-14-11-16(13-18(2,3)12-14)20-10-9-17(19)15-7-5-4-6-8-15/h4-8,14,16-17,19H,9-13H2,1-3H3. The van der Waals surface area contributed by atoms with Gasteiger partial charge in [0.25, 0.3) is 0 Å². The lowest BCUT2D eigenvalue weighted by atomic mass is 9.71. The molecule has 1 aliphatic carbocycles. The number of benzene rings is 1. The van der Waals surface area contributed by atoms with Crippen molar-refractivity contribution in [1.29, 1.82) is 0 Å². The summed E-state index contributed by atoms with van der Waals surface area (Å²) in [6.45, 7) is 7.62. The van der Waals surface area contributed by atoms with Gasteiger partial charge in [0.15, 0.2) is 0 Å². The predicted molar refractivity (Wildman–Crippen MR) is 82.6 cm³/mol. The van der Waals surface area contributed by atoms with Crippen LogP contribution in [-0.4, -0.2) is 17.8 Å². The highest BCUT2D eigenvalue weighted by molar-refractivity contribution is 5.17. The lowest BCUT2D eigenvalue weighted by molar-refractivity contribution is -0.0330. The van der Waals surface area contributed by atoms with Crippen molar-refractivity contribution >= 4 is 0 Å². The van der Waals surface area contributed by atoms with Crippen molar-refractivity contribution in [2.75, 3.05) is 6.61 Å². The van der Waals surface area contributed by atoms with Crippen LogP contribution in [0.5, 0.6) is 0 Å². The van der Waals surface area contributed by atoms with Gasteiger partial charge in [-0.3, -0.25) is 0 Å². The van der Waals surface area contributed by atoms with E-state index in [2.05, 4.69) is 20.8 Å². The summed E-state index contributed by atoms with van der Waals surface area (Å²) in [4.78, 5) is 0. The van der Waals surface area contributed by atoms with Gasteiger partial charge in [-0.25, -0.2) is 0 Å². The summed E-state index contributed by atoms with van der Waals surface area (Å²) in [5, 5.41) is 10.1. The maximum absolute atomic E-state index is 10.1. The Morgan fingerprint density at radius 1 is 1.25 bits per heavy atom. The van der Waals surface area contributed by atoms with Crippen LogP contribution in [-0.2, 0) is 4.74 Å². The van der Waals surface area contributed by atoms with Gasteiger partial charge in [-0.1, -0.05) is 51.1 Å². The molecule has 0 aromatic heterocycles. The van der Waals surface area contributed by atoms with Gasteiger partial charge in [-0.15, -0.1) is 0 Å². The summed E-state index contributed by atoms with van der Waals surface area (Å²) in [7, 11) is 0. The molecule has 0 aliphatic heterocycles. The normalized spacial score (nSPS) is 27.2.